The van der Waals surface area contributed by atoms with E-state index in [0.717, 1.165) is 11.0 Å². The summed E-state index contributed by atoms with van der Waals surface area (Å²) in [5, 5.41) is 23.9. The summed E-state index contributed by atoms with van der Waals surface area (Å²) in [6, 6.07) is 12.4. The quantitative estimate of drug-likeness (QED) is 0.485. The molecule has 5 rings (SSSR count). The lowest BCUT2D eigenvalue weighted by atomic mass is 9.53. The van der Waals surface area contributed by atoms with Gasteiger partial charge >= 0.3 is 5.97 Å². The van der Waals surface area contributed by atoms with Crippen molar-refractivity contribution in [2.24, 2.45) is 5.41 Å². The number of hydrogen-bond donors (Lipinski definition) is 1. The molecule has 0 aliphatic carbocycles. The first-order valence-electron chi connectivity index (χ1n) is 11.4. The van der Waals surface area contributed by atoms with Crippen molar-refractivity contribution >= 4 is 46.4 Å². The Balaban J connectivity index is 1.95. The number of benzene rings is 2. The van der Waals surface area contributed by atoms with E-state index in [4.69, 9.17) is 17.0 Å². The summed E-state index contributed by atoms with van der Waals surface area (Å²) in [7, 11) is 1.46. The number of rotatable bonds is 3. The van der Waals surface area contributed by atoms with E-state index >= 15 is 0 Å². The number of nitrogens with zero attached hydrogens (tertiary/aromatic N) is 4. The van der Waals surface area contributed by atoms with E-state index in [1.165, 1.54) is 24.1 Å². The van der Waals surface area contributed by atoms with Gasteiger partial charge in [-0.25, -0.2) is 4.39 Å². The van der Waals surface area contributed by atoms with Crippen LogP contribution in [0, 0.1) is 40.8 Å². The summed E-state index contributed by atoms with van der Waals surface area (Å²) in [6.45, 7) is 2.90. The first kappa shape index (κ1) is 24.3. The third-order valence-electron chi connectivity index (χ3n) is 7.46. The van der Waals surface area contributed by atoms with Crippen molar-refractivity contribution in [3.63, 3.8) is 0 Å². The molecule has 1 N–H and O–H groups in total. The zero-order valence-corrected chi connectivity index (χ0v) is 20.9. The number of ether oxygens (including phenoxy) is 1. The van der Waals surface area contributed by atoms with Gasteiger partial charge in [0.15, 0.2) is 11.0 Å². The van der Waals surface area contributed by atoms with Crippen molar-refractivity contribution in [2.75, 3.05) is 30.0 Å². The first-order valence-corrected chi connectivity index (χ1v) is 11.8. The lowest BCUT2D eigenvalue weighted by molar-refractivity contribution is -0.143. The van der Waals surface area contributed by atoms with Crippen molar-refractivity contribution in [3.8, 4) is 12.1 Å². The molecule has 3 heterocycles. The van der Waals surface area contributed by atoms with Gasteiger partial charge in [-0.2, -0.15) is 10.5 Å². The summed E-state index contributed by atoms with van der Waals surface area (Å²) in [5.41, 5.74) is -5.37. The molecule has 3 aliphatic heterocycles. The van der Waals surface area contributed by atoms with Crippen molar-refractivity contribution in [1.82, 2.24) is 5.32 Å². The Bertz CT molecular complexity index is 1510. The molecule has 0 aromatic heterocycles. The number of thiocarbonyl (C=S) groups is 1. The SMILES string of the molecule is CCOC(=O)CN1C(=O)[C@]2(c3cc(C)ccc31)C(C#N)(C#N)C(=S)N[C@]21C(=O)N(C)c2ccc(F)cc21. The van der Waals surface area contributed by atoms with Gasteiger partial charge in [0.25, 0.3) is 5.91 Å². The van der Waals surface area contributed by atoms with Gasteiger partial charge < -0.3 is 15.0 Å². The molecule has 0 saturated carbocycles. The number of carbonyl (C=O) groups excluding carboxylic acids is 3. The van der Waals surface area contributed by atoms with Crippen molar-refractivity contribution < 1.29 is 23.5 Å². The van der Waals surface area contributed by atoms with Crippen LogP contribution in [-0.2, 0) is 30.1 Å². The monoisotopic (exact) mass is 517 g/mol. The van der Waals surface area contributed by atoms with E-state index in [2.05, 4.69) is 5.32 Å². The number of esters is 1. The fourth-order valence-corrected chi connectivity index (χ4v) is 6.39. The van der Waals surface area contributed by atoms with Crippen LogP contribution in [0.1, 0.15) is 23.6 Å². The molecule has 11 heteroatoms. The van der Waals surface area contributed by atoms with Crippen molar-refractivity contribution in [2.45, 2.75) is 24.8 Å². The Hall–Kier alpha value is -4.35. The Labute approximate surface area is 217 Å². The second-order valence-corrected chi connectivity index (χ2v) is 9.58. The standard InChI is InChI=1S/C26H20FN5O4S/c1-4-36-20(33)11-32-19-7-5-14(2)9-16(19)25(22(32)34)24(12-28,13-29)21(37)30-26(25)17-10-15(27)6-8-18(17)31(3)23(26)35/h5-10H,4,11H2,1-3H3,(H,30,37)/t25-,26-/m1/s1. The molecular weight excluding hydrogens is 497 g/mol. The van der Waals surface area contributed by atoms with E-state index < -0.39 is 46.5 Å². The highest BCUT2D eigenvalue weighted by Gasteiger charge is 2.84. The van der Waals surface area contributed by atoms with Gasteiger partial charge in [-0.15, -0.1) is 0 Å². The molecule has 1 fully saturated rings. The van der Waals surface area contributed by atoms with Gasteiger partial charge in [0.05, 0.1) is 18.7 Å². The number of nitriles is 2. The third-order valence-corrected chi connectivity index (χ3v) is 7.87. The summed E-state index contributed by atoms with van der Waals surface area (Å²) in [6.07, 6.45) is 0. The fraction of sp³-hybridized carbons (Fsp3) is 0.308. The first-order chi connectivity index (χ1) is 17.6. The highest BCUT2D eigenvalue weighted by molar-refractivity contribution is 7.80. The number of hydrogen-bond acceptors (Lipinski definition) is 7. The number of nitrogens with one attached hydrogen (secondary N) is 1. The zero-order valence-electron chi connectivity index (χ0n) is 20.1. The van der Waals surface area contributed by atoms with Crippen LogP contribution in [0.15, 0.2) is 36.4 Å². The van der Waals surface area contributed by atoms with E-state index in [1.54, 1.807) is 32.0 Å². The van der Waals surface area contributed by atoms with Gasteiger partial charge in [-0.05, 0) is 43.7 Å². The smallest absolute Gasteiger partial charge is 0.326 e. The molecule has 186 valence electrons. The van der Waals surface area contributed by atoms with Gasteiger partial charge in [-0.1, -0.05) is 29.9 Å². The van der Waals surface area contributed by atoms with Crippen molar-refractivity contribution in [3.05, 3.63) is 58.9 Å². The van der Waals surface area contributed by atoms with Crippen LogP contribution in [0.5, 0.6) is 0 Å². The minimum absolute atomic E-state index is 0.0634. The highest BCUT2D eigenvalue weighted by Crippen LogP contribution is 2.67. The second-order valence-electron chi connectivity index (χ2n) is 9.17. The molecule has 0 unspecified atom stereocenters. The Morgan fingerprint density at radius 1 is 1.11 bits per heavy atom. The lowest BCUT2D eigenvalue weighted by Gasteiger charge is -2.41. The topological polar surface area (TPSA) is 127 Å². The van der Waals surface area contributed by atoms with Crippen LogP contribution < -0.4 is 15.1 Å². The second kappa shape index (κ2) is 7.82. The molecule has 2 atom stereocenters. The number of aryl methyl sites for hydroxylation is 1. The highest BCUT2D eigenvalue weighted by atomic mass is 32.1. The Morgan fingerprint density at radius 2 is 1.78 bits per heavy atom. The van der Waals surface area contributed by atoms with E-state index in [-0.39, 0.29) is 28.4 Å². The minimum Gasteiger partial charge on any atom is -0.465 e. The molecule has 1 saturated heterocycles. The van der Waals surface area contributed by atoms with Gasteiger partial charge in [0.1, 0.15) is 17.4 Å². The average Bonchev–Trinajstić information content (AvgIpc) is 3.34. The van der Waals surface area contributed by atoms with Crippen LogP contribution in [-0.4, -0.2) is 43.0 Å². The number of amides is 2. The molecule has 2 spiro atoms. The maximum atomic E-state index is 14.7. The van der Waals surface area contributed by atoms with Gasteiger partial charge in [0.2, 0.25) is 11.3 Å². The molecule has 2 aromatic carbocycles. The van der Waals surface area contributed by atoms with Crippen LogP contribution in [0.4, 0.5) is 15.8 Å². The van der Waals surface area contributed by atoms with Gasteiger partial charge in [0, 0.05) is 24.0 Å². The van der Waals surface area contributed by atoms with E-state index in [0.29, 0.717) is 11.3 Å². The van der Waals surface area contributed by atoms with E-state index in [9.17, 15) is 29.3 Å². The molecule has 3 aliphatic rings. The van der Waals surface area contributed by atoms with Crippen molar-refractivity contribution in [1.29, 1.82) is 10.5 Å². The maximum absolute atomic E-state index is 14.7. The minimum atomic E-state index is -2.37. The summed E-state index contributed by atoms with van der Waals surface area (Å²) < 4.78 is 19.8. The lowest BCUT2D eigenvalue weighted by Crippen LogP contribution is -2.65. The van der Waals surface area contributed by atoms with Crippen LogP contribution in [0.25, 0.3) is 0 Å². The van der Waals surface area contributed by atoms with Crippen LogP contribution >= 0.6 is 12.2 Å². The molecule has 37 heavy (non-hydrogen) atoms. The molecule has 2 aromatic rings. The number of carbonyl (C=O) groups is 3. The summed E-state index contributed by atoms with van der Waals surface area (Å²) in [4.78, 5) is 43.4. The summed E-state index contributed by atoms with van der Waals surface area (Å²) in [5.74, 6) is -2.96. The average molecular weight is 518 g/mol. The molecule has 0 radical (unpaired) electrons. The predicted octanol–water partition coefficient (Wildman–Crippen LogP) is 2.12. The molecular formula is C26H20FN5O4S. The number of fused-ring (bicyclic) bond motifs is 5. The number of anilines is 2. The predicted molar refractivity (Wildman–Crippen MR) is 133 cm³/mol. The fourth-order valence-electron chi connectivity index (χ4n) is 5.99. The van der Waals surface area contributed by atoms with Gasteiger partial charge in [-0.3, -0.25) is 19.3 Å². The zero-order chi connectivity index (χ0) is 26.9. The molecule has 0 bridgehead atoms. The Morgan fingerprint density at radius 3 is 2.43 bits per heavy atom. The summed E-state index contributed by atoms with van der Waals surface area (Å²) >= 11 is 5.52. The molecule has 9 nitrogen and oxygen atoms in total. The number of likely N-dealkylation sites (N-methyl/N-ethyl adjacent to an activating group) is 1. The largest absolute Gasteiger partial charge is 0.465 e. The molecule has 2 amide bonds. The number of halogens is 1. The Kier molecular flexibility index (Phi) is 5.15. The van der Waals surface area contributed by atoms with Crippen LogP contribution in [0.2, 0.25) is 0 Å². The van der Waals surface area contributed by atoms with Crippen LogP contribution in [0.3, 0.4) is 0 Å². The van der Waals surface area contributed by atoms with E-state index in [1.807, 2.05) is 12.1 Å². The normalized spacial score (nSPS) is 24.6. The third kappa shape index (κ3) is 2.59. The maximum Gasteiger partial charge on any atom is 0.326 e.